The molecular weight excluding hydrogens is 228 g/mol. The molecule has 0 aromatic heterocycles. The van der Waals surface area contributed by atoms with Crippen molar-refractivity contribution in [1.82, 2.24) is 0 Å². The van der Waals surface area contributed by atoms with Gasteiger partial charge >= 0.3 is 0 Å². The van der Waals surface area contributed by atoms with E-state index in [0.29, 0.717) is 0 Å². The largest absolute Gasteiger partial charge is 0.472 e. The fourth-order valence-electron chi connectivity index (χ4n) is 2.78. The van der Waals surface area contributed by atoms with E-state index in [0.717, 1.165) is 6.26 Å². The van der Waals surface area contributed by atoms with Gasteiger partial charge in [0.05, 0.1) is 23.9 Å². The molecule has 1 unspecified atom stereocenters. The average Bonchev–Trinajstić information content (AvgIpc) is 2.41. The highest BCUT2D eigenvalue weighted by molar-refractivity contribution is 5.94. The summed E-state index contributed by atoms with van der Waals surface area (Å²) in [4.78, 5) is 11.4. The molecule has 1 aliphatic carbocycles. The molecule has 1 aliphatic heterocycles. The second-order valence-corrected chi connectivity index (χ2v) is 4.87. The van der Waals surface area contributed by atoms with Crippen LogP contribution in [0.4, 0.5) is 0 Å². The van der Waals surface area contributed by atoms with E-state index in [1.165, 1.54) is 13.8 Å². The van der Waals surface area contributed by atoms with Gasteiger partial charge in [-0.2, -0.15) is 0 Å². The fourth-order valence-corrected chi connectivity index (χ4v) is 2.78. The number of hydrogen-bond acceptors (Lipinski definition) is 6. The Labute approximate surface area is 98.1 Å². The van der Waals surface area contributed by atoms with Crippen LogP contribution in [0.1, 0.15) is 13.8 Å². The average molecular weight is 244 g/mol. The minimum atomic E-state index is -1.71. The van der Waals surface area contributed by atoms with E-state index in [4.69, 9.17) is 4.74 Å². The number of aliphatic hydroxyl groups excluding tert-OH is 3. The van der Waals surface area contributed by atoms with Crippen molar-refractivity contribution < 1.29 is 30.0 Å². The summed E-state index contributed by atoms with van der Waals surface area (Å²) in [6, 6.07) is 0. The Bertz CT molecular complexity index is 374. The third-order valence-corrected chi connectivity index (χ3v) is 3.76. The first-order valence-electron chi connectivity index (χ1n) is 5.41. The summed E-state index contributed by atoms with van der Waals surface area (Å²) in [5, 5.41) is 39.5. The number of rotatable bonds is 1. The number of hydrogen-bond donors (Lipinski definition) is 4. The Hall–Kier alpha value is -0.950. The lowest BCUT2D eigenvalue weighted by Crippen LogP contribution is -2.48. The van der Waals surface area contributed by atoms with E-state index >= 15 is 0 Å². The zero-order valence-corrected chi connectivity index (χ0v) is 9.57. The number of ketones is 1. The van der Waals surface area contributed by atoms with Crippen LogP contribution in [0.5, 0.6) is 0 Å². The van der Waals surface area contributed by atoms with Crippen molar-refractivity contribution in [3.63, 3.8) is 0 Å². The molecule has 0 aromatic rings. The molecule has 96 valence electrons. The lowest BCUT2D eigenvalue weighted by molar-refractivity contribution is -0.177. The molecular formula is C11H16O6. The smallest absolute Gasteiger partial charge is 0.202 e. The molecule has 4 N–H and O–H groups in total. The quantitative estimate of drug-likeness (QED) is 0.448. The van der Waals surface area contributed by atoms with Crippen molar-refractivity contribution in [2.75, 3.05) is 0 Å². The van der Waals surface area contributed by atoms with Crippen molar-refractivity contribution >= 4 is 5.78 Å². The second-order valence-electron chi connectivity index (χ2n) is 4.87. The van der Waals surface area contributed by atoms with E-state index < -0.39 is 35.9 Å². The molecule has 6 atom stereocenters. The topological polar surface area (TPSA) is 107 Å². The highest BCUT2D eigenvalue weighted by Crippen LogP contribution is 2.48. The number of aliphatic hydroxyl groups is 4. The summed E-state index contributed by atoms with van der Waals surface area (Å²) >= 11 is 0. The molecule has 0 aromatic carbocycles. The number of carbonyl (C=O) groups is 1. The van der Waals surface area contributed by atoms with Gasteiger partial charge in [-0.3, -0.25) is 4.79 Å². The molecule has 0 saturated heterocycles. The first-order valence-corrected chi connectivity index (χ1v) is 5.41. The zero-order valence-electron chi connectivity index (χ0n) is 9.57. The first-order chi connectivity index (χ1) is 7.78. The maximum atomic E-state index is 11.4. The molecule has 0 bridgehead atoms. The van der Waals surface area contributed by atoms with Crippen LogP contribution < -0.4 is 0 Å². The molecule has 6 heteroatoms. The lowest BCUT2D eigenvalue weighted by atomic mass is 9.80. The Balaban J connectivity index is 2.47. The number of Topliss-reactive ketones (excluding diaryl/α,β-unsaturated/α-hetero) is 1. The standard InChI is InChI=1S/C11H16O6/c1-4(12)5-3-17-10(15)7-6(5)8(13)9(14)11(7,2)16/h3,6-10,13-16H,1-2H3/t6-,7-,8+,9+,10?,11-/m1/s1. The van der Waals surface area contributed by atoms with Gasteiger partial charge in [0.15, 0.2) is 5.78 Å². The molecule has 2 rings (SSSR count). The van der Waals surface area contributed by atoms with Crippen LogP contribution in [0.25, 0.3) is 0 Å². The van der Waals surface area contributed by atoms with Crippen LogP contribution in [-0.4, -0.2) is 50.3 Å². The summed E-state index contributed by atoms with van der Waals surface area (Å²) in [7, 11) is 0. The predicted molar refractivity (Wildman–Crippen MR) is 55.5 cm³/mol. The van der Waals surface area contributed by atoms with Crippen molar-refractivity contribution in [3.05, 3.63) is 11.8 Å². The van der Waals surface area contributed by atoms with Crippen molar-refractivity contribution in [3.8, 4) is 0 Å². The van der Waals surface area contributed by atoms with E-state index in [9.17, 15) is 25.2 Å². The van der Waals surface area contributed by atoms with Crippen LogP contribution in [0.15, 0.2) is 11.8 Å². The number of carbonyl (C=O) groups excluding carboxylic acids is 1. The second kappa shape index (κ2) is 3.78. The molecule has 2 aliphatic rings. The van der Waals surface area contributed by atoms with Crippen LogP contribution in [-0.2, 0) is 9.53 Å². The van der Waals surface area contributed by atoms with E-state index in [2.05, 4.69) is 0 Å². The Morgan fingerprint density at radius 1 is 1.41 bits per heavy atom. The highest BCUT2D eigenvalue weighted by atomic mass is 16.6. The monoisotopic (exact) mass is 244 g/mol. The SMILES string of the molecule is CC(=O)C1=COC(O)[C@H]2[C@@H]1[C@H](O)[C@H](O)[C@]2(C)O. The number of ether oxygens (including phenoxy) is 1. The molecule has 17 heavy (non-hydrogen) atoms. The third kappa shape index (κ3) is 1.60. The minimum absolute atomic E-state index is 0.171. The van der Waals surface area contributed by atoms with Gasteiger partial charge in [0, 0.05) is 11.5 Å². The van der Waals surface area contributed by atoms with Crippen LogP contribution in [0.3, 0.4) is 0 Å². The van der Waals surface area contributed by atoms with Gasteiger partial charge in [-0.15, -0.1) is 0 Å². The van der Waals surface area contributed by atoms with E-state index in [1.807, 2.05) is 0 Å². The number of fused-ring (bicyclic) bond motifs is 1. The summed E-state index contributed by atoms with van der Waals surface area (Å²) in [6.07, 6.45) is -3.00. The molecule has 0 spiro atoms. The van der Waals surface area contributed by atoms with E-state index in [-0.39, 0.29) is 11.4 Å². The van der Waals surface area contributed by atoms with Gasteiger partial charge in [-0.1, -0.05) is 0 Å². The molecule has 0 amide bonds. The Morgan fingerprint density at radius 2 is 2.00 bits per heavy atom. The van der Waals surface area contributed by atoms with Crippen molar-refractivity contribution in [1.29, 1.82) is 0 Å². The summed E-state index contributed by atoms with van der Waals surface area (Å²) in [6.45, 7) is 2.61. The lowest BCUT2D eigenvalue weighted by Gasteiger charge is -2.36. The Morgan fingerprint density at radius 3 is 2.53 bits per heavy atom. The maximum absolute atomic E-state index is 11.4. The first kappa shape index (κ1) is 12.5. The normalized spacial score (nSPS) is 49.3. The van der Waals surface area contributed by atoms with E-state index in [1.54, 1.807) is 0 Å². The van der Waals surface area contributed by atoms with Gasteiger partial charge in [-0.25, -0.2) is 0 Å². The minimum Gasteiger partial charge on any atom is -0.472 e. The molecule has 0 radical (unpaired) electrons. The van der Waals surface area contributed by atoms with Gasteiger partial charge in [-0.05, 0) is 13.8 Å². The van der Waals surface area contributed by atoms with Crippen LogP contribution in [0, 0.1) is 11.8 Å². The molecule has 1 heterocycles. The Kier molecular flexibility index (Phi) is 2.78. The zero-order chi connectivity index (χ0) is 13.0. The van der Waals surface area contributed by atoms with Crippen LogP contribution in [0.2, 0.25) is 0 Å². The summed E-state index contributed by atoms with van der Waals surface area (Å²) in [5.41, 5.74) is -1.54. The third-order valence-electron chi connectivity index (χ3n) is 3.76. The summed E-state index contributed by atoms with van der Waals surface area (Å²) in [5.74, 6) is -2.08. The fraction of sp³-hybridized carbons (Fsp3) is 0.727. The van der Waals surface area contributed by atoms with Crippen molar-refractivity contribution in [2.45, 2.75) is 37.9 Å². The highest BCUT2D eigenvalue weighted by Gasteiger charge is 2.62. The van der Waals surface area contributed by atoms with Gasteiger partial charge in [0.25, 0.3) is 0 Å². The van der Waals surface area contributed by atoms with Gasteiger partial charge in [0.1, 0.15) is 6.10 Å². The predicted octanol–water partition coefficient (Wildman–Crippen LogP) is -1.47. The molecule has 6 nitrogen and oxygen atoms in total. The molecule has 1 saturated carbocycles. The van der Waals surface area contributed by atoms with Gasteiger partial charge in [0.2, 0.25) is 6.29 Å². The summed E-state index contributed by atoms with van der Waals surface area (Å²) < 4.78 is 4.89. The molecule has 1 fully saturated rings. The van der Waals surface area contributed by atoms with Crippen molar-refractivity contribution in [2.24, 2.45) is 11.8 Å². The van der Waals surface area contributed by atoms with Gasteiger partial charge < -0.3 is 25.2 Å². The maximum Gasteiger partial charge on any atom is 0.202 e. The van der Waals surface area contributed by atoms with Crippen LogP contribution >= 0.6 is 0 Å².